The summed E-state index contributed by atoms with van der Waals surface area (Å²) in [6, 6.07) is 3.85. The minimum absolute atomic E-state index is 0.151. The van der Waals surface area contributed by atoms with Gasteiger partial charge in [0.15, 0.2) is 0 Å². The van der Waals surface area contributed by atoms with E-state index in [1.807, 2.05) is 26.0 Å². The van der Waals surface area contributed by atoms with Crippen LogP contribution in [0.15, 0.2) is 12.1 Å². The van der Waals surface area contributed by atoms with Crippen molar-refractivity contribution >= 4 is 11.8 Å². The van der Waals surface area contributed by atoms with Gasteiger partial charge >= 0.3 is 6.03 Å². The molecule has 0 radical (unpaired) electrons. The van der Waals surface area contributed by atoms with Gasteiger partial charge in [0.05, 0.1) is 0 Å². The number of aromatic nitrogens is 1. The van der Waals surface area contributed by atoms with Crippen molar-refractivity contribution in [3.8, 4) is 0 Å². The number of carbonyl (C=O) groups is 1. The maximum Gasteiger partial charge on any atom is 0.315 e. The number of anilines is 1. The fourth-order valence-electron chi connectivity index (χ4n) is 2.74. The zero-order chi connectivity index (χ0) is 16.7. The third kappa shape index (κ3) is 5.39. The SMILES string of the molecule is Cc1ccc(CNC(=O)NCC(C)CCO)c(N2CCCC2)n1. The molecule has 1 fully saturated rings. The number of aliphatic hydroxyl groups is 1. The van der Waals surface area contributed by atoms with E-state index >= 15 is 0 Å². The van der Waals surface area contributed by atoms with E-state index in [0.717, 1.165) is 30.2 Å². The van der Waals surface area contributed by atoms with Crippen LogP contribution in [-0.4, -0.2) is 42.4 Å². The summed E-state index contributed by atoms with van der Waals surface area (Å²) in [7, 11) is 0. The molecule has 0 spiro atoms. The van der Waals surface area contributed by atoms with Crippen molar-refractivity contribution in [2.75, 3.05) is 31.1 Å². The molecule has 0 aliphatic carbocycles. The molecular formula is C17H28N4O2. The highest BCUT2D eigenvalue weighted by atomic mass is 16.3. The molecule has 2 amide bonds. The van der Waals surface area contributed by atoms with E-state index in [2.05, 4.69) is 20.5 Å². The lowest BCUT2D eigenvalue weighted by molar-refractivity contribution is 0.233. The molecule has 6 nitrogen and oxygen atoms in total. The molecule has 0 saturated carbocycles. The lowest BCUT2D eigenvalue weighted by Gasteiger charge is -2.21. The van der Waals surface area contributed by atoms with Crippen LogP contribution in [0.3, 0.4) is 0 Å². The van der Waals surface area contributed by atoms with E-state index < -0.39 is 0 Å². The molecule has 0 bridgehead atoms. The Morgan fingerprint density at radius 3 is 2.78 bits per heavy atom. The smallest absolute Gasteiger partial charge is 0.315 e. The first-order valence-corrected chi connectivity index (χ1v) is 8.44. The molecule has 1 aromatic heterocycles. The Balaban J connectivity index is 1.88. The van der Waals surface area contributed by atoms with Crippen LogP contribution in [0.5, 0.6) is 0 Å². The number of aliphatic hydroxyl groups excluding tert-OH is 1. The molecule has 6 heteroatoms. The minimum Gasteiger partial charge on any atom is -0.396 e. The molecule has 1 atom stereocenters. The number of hydrogen-bond acceptors (Lipinski definition) is 4. The second-order valence-corrected chi connectivity index (χ2v) is 6.31. The van der Waals surface area contributed by atoms with Gasteiger partial charge < -0.3 is 20.6 Å². The van der Waals surface area contributed by atoms with Gasteiger partial charge in [-0.3, -0.25) is 0 Å². The van der Waals surface area contributed by atoms with E-state index in [0.29, 0.717) is 19.5 Å². The molecule has 1 unspecified atom stereocenters. The largest absolute Gasteiger partial charge is 0.396 e. The predicted octanol–water partition coefficient (Wildman–Crippen LogP) is 1.81. The van der Waals surface area contributed by atoms with Gasteiger partial charge in [-0.25, -0.2) is 9.78 Å². The van der Waals surface area contributed by atoms with Gasteiger partial charge in [0.1, 0.15) is 5.82 Å². The van der Waals surface area contributed by atoms with E-state index in [1.165, 1.54) is 12.8 Å². The number of pyridine rings is 1. The molecule has 128 valence electrons. The normalized spacial score (nSPS) is 15.5. The summed E-state index contributed by atoms with van der Waals surface area (Å²) < 4.78 is 0. The average Bonchev–Trinajstić information content (AvgIpc) is 3.06. The van der Waals surface area contributed by atoms with Crippen LogP contribution in [0.2, 0.25) is 0 Å². The third-order valence-corrected chi connectivity index (χ3v) is 4.17. The van der Waals surface area contributed by atoms with Crippen molar-refractivity contribution in [3.05, 3.63) is 23.4 Å². The second kappa shape index (κ2) is 8.72. The van der Waals surface area contributed by atoms with E-state index in [1.54, 1.807) is 0 Å². The monoisotopic (exact) mass is 320 g/mol. The Morgan fingerprint density at radius 1 is 1.35 bits per heavy atom. The van der Waals surface area contributed by atoms with E-state index in [4.69, 9.17) is 5.11 Å². The highest BCUT2D eigenvalue weighted by molar-refractivity contribution is 5.74. The van der Waals surface area contributed by atoms with Crippen LogP contribution >= 0.6 is 0 Å². The van der Waals surface area contributed by atoms with Gasteiger partial charge in [0, 0.05) is 44.0 Å². The number of aryl methyl sites for hydroxylation is 1. The summed E-state index contributed by atoms with van der Waals surface area (Å²) in [6.07, 6.45) is 3.10. The highest BCUT2D eigenvalue weighted by Gasteiger charge is 2.17. The lowest BCUT2D eigenvalue weighted by atomic mass is 10.1. The van der Waals surface area contributed by atoms with Gasteiger partial charge in [0.2, 0.25) is 0 Å². The van der Waals surface area contributed by atoms with Crippen LogP contribution in [0.4, 0.5) is 10.6 Å². The molecule has 0 aromatic carbocycles. The Labute approximate surface area is 138 Å². The minimum atomic E-state index is -0.178. The molecule has 1 aromatic rings. The maximum absolute atomic E-state index is 11.9. The summed E-state index contributed by atoms with van der Waals surface area (Å²) in [6.45, 7) is 7.26. The van der Waals surface area contributed by atoms with Gasteiger partial charge in [-0.2, -0.15) is 0 Å². The van der Waals surface area contributed by atoms with Gasteiger partial charge in [0.25, 0.3) is 0 Å². The Morgan fingerprint density at radius 2 is 2.09 bits per heavy atom. The first-order valence-electron chi connectivity index (χ1n) is 8.44. The molecule has 1 aliphatic heterocycles. The molecule has 1 aliphatic rings. The molecule has 2 heterocycles. The number of nitrogens with one attached hydrogen (secondary N) is 2. The van der Waals surface area contributed by atoms with Gasteiger partial charge in [-0.1, -0.05) is 13.0 Å². The molecule has 1 saturated heterocycles. The van der Waals surface area contributed by atoms with E-state index in [9.17, 15) is 4.79 Å². The van der Waals surface area contributed by atoms with Crippen LogP contribution in [0, 0.1) is 12.8 Å². The van der Waals surface area contributed by atoms with Gasteiger partial charge in [-0.05, 0) is 38.2 Å². The standard InChI is InChI=1S/C17H28N4O2/c1-13(7-10-22)11-18-17(23)19-12-15-6-5-14(2)20-16(15)21-8-3-4-9-21/h5-6,13,22H,3-4,7-12H2,1-2H3,(H2,18,19,23). The Hall–Kier alpha value is -1.82. The first-order chi connectivity index (χ1) is 11.1. The van der Waals surface area contributed by atoms with Crippen molar-refractivity contribution in [3.63, 3.8) is 0 Å². The van der Waals surface area contributed by atoms with E-state index in [-0.39, 0.29) is 18.6 Å². The predicted molar refractivity (Wildman–Crippen MR) is 91.5 cm³/mol. The van der Waals surface area contributed by atoms with Crippen LogP contribution in [-0.2, 0) is 6.54 Å². The average molecular weight is 320 g/mol. The summed E-state index contributed by atoms with van der Waals surface area (Å²) in [5, 5.41) is 14.6. The zero-order valence-electron chi connectivity index (χ0n) is 14.1. The number of amides is 2. The Kier molecular flexibility index (Phi) is 6.65. The second-order valence-electron chi connectivity index (χ2n) is 6.31. The fraction of sp³-hybridized carbons (Fsp3) is 0.647. The number of nitrogens with zero attached hydrogens (tertiary/aromatic N) is 2. The van der Waals surface area contributed by atoms with Crippen molar-refractivity contribution in [1.29, 1.82) is 0 Å². The summed E-state index contributed by atoms with van der Waals surface area (Å²) in [5.41, 5.74) is 2.05. The quantitative estimate of drug-likeness (QED) is 0.716. The topological polar surface area (TPSA) is 77.5 Å². The van der Waals surface area contributed by atoms with Crippen molar-refractivity contribution in [2.24, 2.45) is 5.92 Å². The number of rotatable bonds is 7. The molecule has 2 rings (SSSR count). The van der Waals surface area contributed by atoms with Crippen molar-refractivity contribution < 1.29 is 9.90 Å². The van der Waals surface area contributed by atoms with Crippen molar-refractivity contribution in [2.45, 2.75) is 39.7 Å². The third-order valence-electron chi connectivity index (χ3n) is 4.17. The maximum atomic E-state index is 11.9. The zero-order valence-corrected chi connectivity index (χ0v) is 14.1. The summed E-state index contributed by atoms with van der Waals surface area (Å²) >= 11 is 0. The van der Waals surface area contributed by atoms with Crippen LogP contribution in [0.25, 0.3) is 0 Å². The summed E-state index contributed by atoms with van der Waals surface area (Å²) in [5.74, 6) is 1.27. The number of urea groups is 1. The molecule has 23 heavy (non-hydrogen) atoms. The van der Waals surface area contributed by atoms with Crippen LogP contribution in [0.1, 0.15) is 37.4 Å². The number of hydrogen-bond donors (Lipinski definition) is 3. The van der Waals surface area contributed by atoms with Crippen molar-refractivity contribution in [1.82, 2.24) is 15.6 Å². The van der Waals surface area contributed by atoms with Crippen LogP contribution < -0.4 is 15.5 Å². The Bertz CT molecular complexity index is 515. The number of carbonyl (C=O) groups excluding carboxylic acids is 1. The molecular weight excluding hydrogens is 292 g/mol. The lowest BCUT2D eigenvalue weighted by Crippen LogP contribution is -2.38. The first kappa shape index (κ1) is 17.5. The van der Waals surface area contributed by atoms with Gasteiger partial charge in [-0.15, -0.1) is 0 Å². The molecule has 3 N–H and O–H groups in total. The highest BCUT2D eigenvalue weighted by Crippen LogP contribution is 2.22. The summed E-state index contributed by atoms with van der Waals surface area (Å²) in [4.78, 5) is 18.9. The fourth-order valence-corrected chi connectivity index (χ4v) is 2.74.